The van der Waals surface area contributed by atoms with Crippen molar-refractivity contribution in [3.63, 3.8) is 0 Å². The summed E-state index contributed by atoms with van der Waals surface area (Å²) in [5.74, 6) is -1.64. The molecule has 4 rings (SSSR count). The van der Waals surface area contributed by atoms with Crippen molar-refractivity contribution < 1.29 is 41.1 Å². The number of alkyl halides is 1. The molecule has 8 atom stereocenters. The predicted octanol–water partition coefficient (Wildman–Crippen LogP) is 10.9. The van der Waals surface area contributed by atoms with Gasteiger partial charge in [-0.1, -0.05) is 193 Å². The highest BCUT2D eigenvalue weighted by Gasteiger charge is 2.75. The maximum atomic E-state index is 17.7. The number of quaternary nitrogens is 1. The van der Waals surface area contributed by atoms with Crippen molar-refractivity contribution in [1.29, 1.82) is 0 Å². The summed E-state index contributed by atoms with van der Waals surface area (Å²) in [6, 6.07) is 0. The molecule has 0 heterocycles. The van der Waals surface area contributed by atoms with E-state index < -0.39 is 34.1 Å². The molecular weight excluding hydrogens is 819 g/mol. The fourth-order valence-corrected chi connectivity index (χ4v) is 13.3. The van der Waals surface area contributed by atoms with Crippen LogP contribution in [0, 0.1) is 28.6 Å². The highest BCUT2D eigenvalue weighted by molar-refractivity contribution is 6.01. The first kappa shape index (κ1) is 57.0. The molecule has 372 valence electrons. The summed E-state index contributed by atoms with van der Waals surface area (Å²) in [5, 5.41) is 27.6. The van der Waals surface area contributed by atoms with Crippen LogP contribution in [0.3, 0.4) is 0 Å². The predicted molar refractivity (Wildman–Crippen MR) is 262 cm³/mol. The summed E-state index contributed by atoms with van der Waals surface area (Å²) in [4.78, 5) is 26.7. The molecule has 64 heavy (non-hydrogen) atoms. The molecule has 0 spiro atoms. The van der Waals surface area contributed by atoms with E-state index in [0.717, 1.165) is 29.7 Å². The second kappa shape index (κ2) is 28.3. The van der Waals surface area contributed by atoms with Gasteiger partial charge < -0.3 is 32.4 Å². The number of likely N-dealkylation sites (N-methyl/N-ethyl adjacent to an activating group) is 1. The first-order valence-electron chi connectivity index (χ1n) is 27.4. The second-order valence-electron chi connectivity index (χ2n) is 22.4. The number of allylic oxidation sites excluding steroid dienone is 4. The van der Waals surface area contributed by atoms with Crippen molar-refractivity contribution in [2.45, 2.75) is 257 Å². The van der Waals surface area contributed by atoms with E-state index in [1.807, 2.05) is 20.8 Å². The van der Waals surface area contributed by atoms with Gasteiger partial charge in [-0.05, 0) is 82.3 Å². The second-order valence-corrected chi connectivity index (χ2v) is 22.4. The summed E-state index contributed by atoms with van der Waals surface area (Å²) in [7, 11) is 2.37. The molecule has 0 aliphatic heterocycles. The Morgan fingerprint density at radius 2 is 1.14 bits per heavy atom. The number of hydrogen-bond acceptors (Lipinski definition) is 4. The van der Waals surface area contributed by atoms with Gasteiger partial charge in [0.25, 0.3) is 5.91 Å². The lowest BCUT2D eigenvalue weighted by Crippen LogP contribution is -3.00. The van der Waals surface area contributed by atoms with Crippen LogP contribution in [0.25, 0.3) is 0 Å². The monoisotopic (exact) mass is 919 g/mol. The minimum absolute atomic E-state index is 0. The molecular formula is C56H100ClFN2O4. The normalized spacial score (nSPS) is 29.8. The Kier molecular flexibility index (Phi) is 25.2. The minimum atomic E-state index is -1.97. The van der Waals surface area contributed by atoms with Crippen molar-refractivity contribution in [1.82, 2.24) is 5.32 Å². The van der Waals surface area contributed by atoms with E-state index in [2.05, 4.69) is 26.2 Å². The minimum Gasteiger partial charge on any atom is -1.00 e. The molecule has 0 saturated heterocycles. The van der Waals surface area contributed by atoms with Gasteiger partial charge in [0.15, 0.2) is 17.1 Å². The lowest BCUT2D eigenvalue weighted by atomic mass is 9.44. The smallest absolute Gasteiger partial charge is 0.253 e. The largest absolute Gasteiger partial charge is 1.00 e. The molecule has 3 N–H and O–H groups in total. The van der Waals surface area contributed by atoms with E-state index in [4.69, 9.17) is 0 Å². The topological polar surface area (TPSA) is 86.6 Å². The number of aliphatic hydroxyl groups is 2. The molecule has 6 nitrogen and oxygen atoms in total. The van der Waals surface area contributed by atoms with Crippen molar-refractivity contribution in [3.05, 3.63) is 23.8 Å². The van der Waals surface area contributed by atoms with E-state index in [1.165, 1.54) is 186 Å². The quantitative estimate of drug-likeness (QED) is 0.0443. The Morgan fingerprint density at radius 1 is 0.719 bits per heavy atom. The van der Waals surface area contributed by atoms with Crippen molar-refractivity contribution in [2.24, 2.45) is 28.6 Å². The highest BCUT2D eigenvalue weighted by Crippen LogP contribution is 2.70. The van der Waals surface area contributed by atoms with Crippen LogP contribution in [0.4, 0.5) is 4.39 Å². The van der Waals surface area contributed by atoms with Gasteiger partial charge in [0, 0.05) is 16.7 Å². The van der Waals surface area contributed by atoms with Gasteiger partial charge in [-0.2, -0.15) is 0 Å². The Balaban J connectivity index is 0.0000109. The van der Waals surface area contributed by atoms with Gasteiger partial charge in [-0.3, -0.25) is 9.59 Å². The van der Waals surface area contributed by atoms with Crippen LogP contribution < -0.4 is 17.7 Å². The Morgan fingerprint density at radius 3 is 1.58 bits per heavy atom. The molecule has 0 bridgehead atoms. The van der Waals surface area contributed by atoms with Crippen LogP contribution in [-0.4, -0.2) is 77.0 Å². The van der Waals surface area contributed by atoms with Gasteiger partial charge in [0.1, 0.15) is 0 Å². The molecule has 0 unspecified atom stereocenters. The molecule has 0 aromatic rings. The number of unbranched alkanes of at least 4 members (excludes halogenated alkanes) is 26. The van der Waals surface area contributed by atoms with E-state index in [-0.39, 0.29) is 42.4 Å². The number of fused-ring (bicyclic) bond motifs is 5. The summed E-state index contributed by atoms with van der Waals surface area (Å²) >= 11 is 0. The van der Waals surface area contributed by atoms with E-state index in [1.54, 1.807) is 12.2 Å². The van der Waals surface area contributed by atoms with Gasteiger partial charge in [0.05, 0.1) is 39.3 Å². The number of rotatable bonds is 34. The first-order valence-corrected chi connectivity index (χ1v) is 27.4. The summed E-state index contributed by atoms with van der Waals surface area (Å²) in [6.07, 6.45) is 42.8. The molecule has 0 radical (unpaired) electrons. The first-order chi connectivity index (χ1) is 30.2. The zero-order valence-corrected chi connectivity index (χ0v) is 43.2. The third-order valence-corrected chi connectivity index (χ3v) is 17.6. The summed E-state index contributed by atoms with van der Waals surface area (Å²) in [6.45, 7) is 13.8. The van der Waals surface area contributed by atoms with E-state index >= 15 is 4.39 Å². The van der Waals surface area contributed by atoms with Crippen LogP contribution >= 0.6 is 0 Å². The van der Waals surface area contributed by atoms with Crippen LogP contribution in [-0.2, 0) is 9.59 Å². The molecule has 8 heteroatoms. The number of amides is 1. The average Bonchev–Trinajstić information content (AvgIpc) is 3.45. The van der Waals surface area contributed by atoms with Crippen LogP contribution in [0.5, 0.6) is 0 Å². The SMILES string of the molecule is CCCCCCCCCCCCCCCC[N+](C)(CCCCCCCCCCCCCCCC)CCNC(=O)[C@@]1(O)[C@H](C)C[C@H]2[C@@H]3CCC4=CC(=O)C=C[C@]4(C)[C@@]3(F)[C@@H](O)C[C@@]21C.[Cl-]. The lowest BCUT2D eigenvalue weighted by Gasteiger charge is -2.62. The van der Waals surface area contributed by atoms with Crippen molar-refractivity contribution in [3.8, 4) is 0 Å². The summed E-state index contributed by atoms with van der Waals surface area (Å²) < 4.78 is 18.6. The van der Waals surface area contributed by atoms with Gasteiger partial charge in [0.2, 0.25) is 0 Å². The number of halogens is 2. The zero-order valence-electron chi connectivity index (χ0n) is 42.4. The van der Waals surface area contributed by atoms with Crippen LogP contribution in [0.15, 0.2) is 23.8 Å². The number of aliphatic hydroxyl groups excluding tert-OH is 1. The van der Waals surface area contributed by atoms with E-state index in [0.29, 0.717) is 25.8 Å². The standard InChI is InChI=1S/C56H99FN2O4.ClH/c1-7-9-11-13-15-17-19-21-23-25-27-29-31-33-40-59(6,41-34-32-30-28-26-24-22-20-18-16-14-12-10-8-2)42-39-58-52(62)56(63)46(3)43-50-49-36-35-47-44-48(60)37-38-53(47,4)55(49,57)51(61)45-54(50,56)5;/h37-38,44,46,49-51,61,63H,7-36,39-43,45H2,1-6H3;1H/t46-,49+,50+,51+,53+,54+,55+,56+;/m1./s1. The zero-order chi connectivity index (χ0) is 45.8. The van der Waals surface area contributed by atoms with Crippen LogP contribution in [0.2, 0.25) is 0 Å². The maximum Gasteiger partial charge on any atom is 0.253 e. The maximum absolute atomic E-state index is 17.7. The third-order valence-electron chi connectivity index (χ3n) is 17.6. The number of hydrogen-bond donors (Lipinski definition) is 3. The fraction of sp³-hybridized carbons (Fsp3) is 0.893. The van der Waals surface area contributed by atoms with Crippen molar-refractivity contribution >= 4 is 11.7 Å². The highest BCUT2D eigenvalue weighted by atomic mass is 35.5. The molecule has 0 aromatic heterocycles. The number of carbonyl (C=O) groups is 2. The fourth-order valence-electron chi connectivity index (χ4n) is 13.3. The molecule has 3 saturated carbocycles. The number of ketones is 1. The Bertz CT molecular complexity index is 1390. The van der Waals surface area contributed by atoms with E-state index in [9.17, 15) is 19.8 Å². The van der Waals surface area contributed by atoms with Gasteiger partial charge >= 0.3 is 0 Å². The van der Waals surface area contributed by atoms with Crippen LogP contribution in [0.1, 0.15) is 240 Å². The van der Waals surface area contributed by atoms with Gasteiger partial charge in [-0.25, -0.2) is 4.39 Å². The number of carbonyl (C=O) groups excluding carboxylic acids is 2. The number of nitrogens with zero attached hydrogens (tertiary/aromatic N) is 1. The molecule has 3 fully saturated rings. The average molecular weight is 920 g/mol. The molecule has 4 aliphatic rings. The summed E-state index contributed by atoms with van der Waals surface area (Å²) in [5.41, 5.74) is -4.98. The lowest BCUT2D eigenvalue weighted by molar-refractivity contribution is -0.908. The molecule has 4 aliphatic carbocycles. The van der Waals surface area contributed by atoms with Crippen molar-refractivity contribution in [2.75, 3.05) is 33.2 Å². The third kappa shape index (κ3) is 14.6. The Hall–Kier alpha value is -1.28. The Labute approximate surface area is 399 Å². The molecule has 1 amide bonds. The molecule has 0 aromatic carbocycles. The van der Waals surface area contributed by atoms with Gasteiger partial charge in [-0.15, -0.1) is 0 Å². The number of nitrogens with one attached hydrogen (secondary N) is 1.